The maximum Gasteiger partial charge on any atom is 0.335 e. The van der Waals surface area contributed by atoms with Crippen LogP contribution in [-0.2, 0) is 16.0 Å². The van der Waals surface area contributed by atoms with Crippen LogP contribution in [0.25, 0.3) is 0 Å². The average molecular weight is 371 g/mol. The van der Waals surface area contributed by atoms with Crippen LogP contribution in [0.1, 0.15) is 28.4 Å². The van der Waals surface area contributed by atoms with Crippen molar-refractivity contribution in [3.8, 4) is 0 Å². The second-order valence-electron chi connectivity index (χ2n) is 6.07. The van der Waals surface area contributed by atoms with Gasteiger partial charge in [-0.15, -0.1) is 0 Å². The summed E-state index contributed by atoms with van der Waals surface area (Å²) in [5.41, 5.74) is 2.32. The van der Waals surface area contributed by atoms with Crippen molar-refractivity contribution in [3.63, 3.8) is 0 Å². The molecule has 0 saturated carbocycles. The van der Waals surface area contributed by atoms with Crippen molar-refractivity contribution in [2.75, 3.05) is 11.1 Å². The molecule has 136 valence electrons. The van der Waals surface area contributed by atoms with Crippen LogP contribution in [0.4, 0.5) is 5.69 Å². The van der Waals surface area contributed by atoms with Gasteiger partial charge in [0.25, 0.3) is 0 Å². The lowest BCUT2D eigenvalue weighted by Crippen LogP contribution is -2.27. The molecule has 0 aliphatic heterocycles. The fourth-order valence-electron chi connectivity index (χ4n) is 2.57. The number of aryl methyl sites for hydroxylation is 1. The molecule has 0 aliphatic carbocycles. The zero-order valence-electron chi connectivity index (χ0n) is 14.7. The summed E-state index contributed by atoms with van der Waals surface area (Å²) in [6.07, 6.45) is 0.505. The molecule has 0 heterocycles. The SMILES string of the molecule is CC(=O)SCC(Cc1ccccc1)C(=O)Nc1cc(C)cc(C(=O)O)c1. The minimum atomic E-state index is -1.04. The molecule has 1 amide bonds. The third-order valence-corrected chi connectivity index (χ3v) is 4.75. The molecule has 0 aromatic heterocycles. The molecule has 2 aromatic carbocycles. The predicted octanol–water partition coefficient (Wildman–Crippen LogP) is 3.77. The molecule has 0 saturated heterocycles. The van der Waals surface area contributed by atoms with Crippen molar-refractivity contribution in [1.82, 2.24) is 0 Å². The highest BCUT2D eigenvalue weighted by atomic mass is 32.2. The number of carboxylic acid groups (broad SMARTS) is 1. The van der Waals surface area contributed by atoms with E-state index in [1.165, 1.54) is 13.0 Å². The number of rotatable bonds is 7. The van der Waals surface area contributed by atoms with Crippen molar-refractivity contribution in [3.05, 3.63) is 65.2 Å². The summed E-state index contributed by atoms with van der Waals surface area (Å²) < 4.78 is 0. The molecular weight excluding hydrogens is 350 g/mol. The van der Waals surface area contributed by atoms with Crippen molar-refractivity contribution >= 4 is 34.4 Å². The fourth-order valence-corrected chi connectivity index (χ4v) is 3.27. The number of carbonyl (C=O) groups excluding carboxylic acids is 2. The zero-order valence-corrected chi connectivity index (χ0v) is 15.5. The Balaban J connectivity index is 2.17. The summed E-state index contributed by atoms with van der Waals surface area (Å²) >= 11 is 1.11. The van der Waals surface area contributed by atoms with E-state index < -0.39 is 11.9 Å². The molecule has 2 rings (SSSR count). The lowest BCUT2D eigenvalue weighted by atomic mass is 10.00. The number of amides is 1. The highest BCUT2D eigenvalue weighted by Crippen LogP contribution is 2.20. The Morgan fingerprint density at radius 2 is 1.81 bits per heavy atom. The van der Waals surface area contributed by atoms with E-state index in [0.29, 0.717) is 17.9 Å². The Kier molecular flexibility index (Phi) is 6.97. The number of hydrogen-bond acceptors (Lipinski definition) is 4. The first-order chi connectivity index (χ1) is 12.3. The van der Waals surface area contributed by atoms with E-state index in [4.69, 9.17) is 5.11 Å². The standard InChI is InChI=1S/C20H21NO4S/c1-13-8-16(20(24)25)11-18(9-13)21-19(23)17(12-26-14(2)22)10-15-6-4-3-5-7-15/h3-9,11,17H,10,12H2,1-2H3,(H,21,23)(H,24,25). The normalized spacial score (nSPS) is 11.6. The Labute approximate surface area is 156 Å². The predicted molar refractivity (Wildman–Crippen MR) is 104 cm³/mol. The topological polar surface area (TPSA) is 83.5 Å². The minimum Gasteiger partial charge on any atom is -0.478 e. The van der Waals surface area contributed by atoms with E-state index >= 15 is 0 Å². The number of thioether (sulfide) groups is 1. The fraction of sp³-hybridized carbons (Fsp3) is 0.250. The molecule has 0 bridgehead atoms. The van der Waals surface area contributed by atoms with Crippen molar-refractivity contribution in [1.29, 1.82) is 0 Å². The van der Waals surface area contributed by atoms with Crippen LogP contribution in [0.2, 0.25) is 0 Å². The average Bonchev–Trinajstić information content (AvgIpc) is 2.58. The summed E-state index contributed by atoms with van der Waals surface area (Å²) in [5, 5.41) is 11.9. The van der Waals surface area contributed by atoms with E-state index in [1.54, 1.807) is 19.1 Å². The molecule has 0 aliphatic rings. The lowest BCUT2D eigenvalue weighted by molar-refractivity contribution is -0.119. The number of carbonyl (C=O) groups is 3. The van der Waals surface area contributed by atoms with E-state index in [-0.39, 0.29) is 16.6 Å². The number of hydrogen-bond donors (Lipinski definition) is 2. The van der Waals surface area contributed by atoms with Crippen LogP contribution >= 0.6 is 11.8 Å². The van der Waals surface area contributed by atoms with E-state index in [0.717, 1.165) is 22.9 Å². The number of benzene rings is 2. The van der Waals surface area contributed by atoms with E-state index in [9.17, 15) is 14.4 Å². The van der Waals surface area contributed by atoms with Gasteiger partial charge < -0.3 is 10.4 Å². The van der Waals surface area contributed by atoms with Crippen LogP contribution in [-0.4, -0.2) is 27.9 Å². The van der Waals surface area contributed by atoms with E-state index in [2.05, 4.69) is 5.32 Å². The van der Waals surface area contributed by atoms with Crippen molar-refractivity contribution < 1.29 is 19.5 Å². The van der Waals surface area contributed by atoms with Crippen LogP contribution in [0.5, 0.6) is 0 Å². The number of carboxylic acids is 1. The smallest absolute Gasteiger partial charge is 0.335 e. The van der Waals surface area contributed by atoms with Gasteiger partial charge in [-0.05, 0) is 42.7 Å². The number of nitrogens with one attached hydrogen (secondary N) is 1. The van der Waals surface area contributed by atoms with E-state index in [1.807, 2.05) is 30.3 Å². The second-order valence-corrected chi connectivity index (χ2v) is 7.27. The molecule has 0 spiro atoms. The Morgan fingerprint density at radius 1 is 1.12 bits per heavy atom. The van der Waals surface area contributed by atoms with Crippen LogP contribution in [0.15, 0.2) is 48.5 Å². The van der Waals surface area contributed by atoms with Crippen LogP contribution < -0.4 is 5.32 Å². The number of anilines is 1. The lowest BCUT2D eigenvalue weighted by Gasteiger charge is -2.17. The largest absolute Gasteiger partial charge is 0.478 e. The highest BCUT2D eigenvalue weighted by Gasteiger charge is 2.21. The first-order valence-corrected chi connectivity index (χ1v) is 9.17. The number of aromatic carboxylic acids is 1. The van der Waals surface area contributed by atoms with Gasteiger partial charge in [0.15, 0.2) is 5.12 Å². The van der Waals surface area contributed by atoms with Gasteiger partial charge in [0.05, 0.1) is 11.5 Å². The van der Waals surface area contributed by atoms with Gasteiger partial charge in [-0.2, -0.15) is 0 Å². The quantitative estimate of drug-likeness (QED) is 0.774. The van der Waals surface area contributed by atoms with Gasteiger partial charge in [0.2, 0.25) is 5.91 Å². The maximum atomic E-state index is 12.7. The van der Waals surface area contributed by atoms with Gasteiger partial charge in [0.1, 0.15) is 0 Å². The molecule has 0 fully saturated rings. The van der Waals surface area contributed by atoms with Gasteiger partial charge in [-0.1, -0.05) is 42.1 Å². The summed E-state index contributed by atoms with van der Waals surface area (Å²) in [6.45, 7) is 3.25. The third kappa shape index (κ3) is 6.04. The van der Waals surface area contributed by atoms with Crippen molar-refractivity contribution in [2.45, 2.75) is 20.3 Å². The maximum absolute atomic E-state index is 12.7. The summed E-state index contributed by atoms with van der Waals surface area (Å²) in [6, 6.07) is 14.3. The summed E-state index contributed by atoms with van der Waals surface area (Å²) in [5.74, 6) is -1.31. The summed E-state index contributed by atoms with van der Waals surface area (Å²) in [7, 11) is 0. The molecule has 26 heavy (non-hydrogen) atoms. The van der Waals surface area contributed by atoms with Gasteiger partial charge in [-0.3, -0.25) is 9.59 Å². The summed E-state index contributed by atoms with van der Waals surface area (Å²) in [4.78, 5) is 35.2. The van der Waals surface area contributed by atoms with Gasteiger partial charge in [0, 0.05) is 18.4 Å². The minimum absolute atomic E-state index is 0.0421. The Hall–Kier alpha value is -2.60. The molecule has 5 nitrogen and oxygen atoms in total. The van der Waals surface area contributed by atoms with Crippen LogP contribution in [0.3, 0.4) is 0 Å². The first kappa shape index (κ1) is 19.7. The Morgan fingerprint density at radius 3 is 2.42 bits per heavy atom. The molecule has 2 aromatic rings. The van der Waals surface area contributed by atoms with Crippen molar-refractivity contribution in [2.24, 2.45) is 5.92 Å². The monoisotopic (exact) mass is 371 g/mol. The molecule has 2 N–H and O–H groups in total. The molecule has 1 unspecified atom stereocenters. The first-order valence-electron chi connectivity index (χ1n) is 8.18. The Bertz CT molecular complexity index is 805. The molecule has 6 heteroatoms. The second kappa shape index (κ2) is 9.20. The molecule has 1 atom stereocenters. The zero-order chi connectivity index (χ0) is 19.1. The van der Waals surface area contributed by atoms with Gasteiger partial charge in [-0.25, -0.2) is 4.79 Å². The highest BCUT2D eigenvalue weighted by molar-refractivity contribution is 8.13. The molecule has 0 radical (unpaired) electrons. The molecular formula is C20H21NO4S. The van der Waals surface area contributed by atoms with Gasteiger partial charge >= 0.3 is 5.97 Å². The third-order valence-electron chi connectivity index (χ3n) is 3.78. The van der Waals surface area contributed by atoms with Crippen LogP contribution in [0, 0.1) is 12.8 Å².